The van der Waals surface area contributed by atoms with Crippen molar-refractivity contribution in [2.24, 2.45) is 7.05 Å². The Morgan fingerprint density at radius 3 is 2.79 bits per heavy atom. The average molecular weight is 325 g/mol. The molecule has 3 heterocycles. The molecule has 1 fully saturated rings. The van der Waals surface area contributed by atoms with Crippen LogP contribution in [0, 0.1) is 13.8 Å². The molecule has 0 aliphatic carbocycles. The third-order valence-electron chi connectivity index (χ3n) is 5.36. The summed E-state index contributed by atoms with van der Waals surface area (Å²) in [5, 5.41) is 4.53. The van der Waals surface area contributed by atoms with Gasteiger partial charge in [0.2, 0.25) is 0 Å². The van der Waals surface area contributed by atoms with Crippen molar-refractivity contribution in [2.45, 2.75) is 45.3 Å². The number of aromatic nitrogens is 2. The zero-order valence-corrected chi connectivity index (χ0v) is 14.5. The second kappa shape index (κ2) is 5.65. The van der Waals surface area contributed by atoms with E-state index in [0.29, 0.717) is 6.42 Å². The van der Waals surface area contributed by atoms with Crippen molar-refractivity contribution < 1.29 is 9.53 Å². The predicted octanol–water partition coefficient (Wildman–Crippen LogP) is 2.70. The van der Waals surface area contributed by atoms with Gasteiger partial charge in [0.15, 0.2) is 6.10 Å². The summed E-state index contributed by atoms with van der Waals surface area (Å²) in [4.78, 5) is 15.1. The van der Waals surface area contributed by atoms with Crippen molar-refractivity contribution in [1.82, 2.24) is 14.7 Å². The van der Waals surface area contributed by atoms with Gasteiger partial charge in [-0.2, -0.15) is 5.10 Å². The summed E-state index contributed by atoms with van der Waals surface area (Å²) in [6.07, 6.45) is 2.31. The Hall–Kier alpha value is -2.30. The average Bonchev–Trinajstić information content (AvgIpc) is 3.25. The van der Waals surface area contributed by atoms with E-state index in [1.54, 1.807) is 0 Å². The highest BCUT2D eigenvalue weighted by atomic mass is 16.5. The Bertz CT molecular complexity index is 771. The van der Waals surface area contributed by atoms with Crippen LogP contribution < -0.4 is 4.74 Å². The lowest BCUT2D eigenvalue weighted by Gasteiger charge is -2.27. The van der Waals surface area contributed by atoms with E-state index in [-0.39, 0.29) is 18.1 Å². The van der Waals surface area contributed by atoms with Crippen molar-refractivity contribution in [3.8, 4) is 5.75 Å². The van der Waals surface area contributed by atoms with Gasteiger partial charge in [-0.15, -0.1) is 0 Å². The van der Waals surface area contributed by atoms with Crippen LogP contribution in [0.1, 0.15) is 41.4 Å². The minimum atomic E-state index is -0.389. The molecule has 126 valence electrons. The highest BCUT2D eigenvalue weighted by Crippen LogP contribution is 2.37. The number of likely N-dealkylation sites (tertiary alicyclic amines) is 1. The highest BCUT2D eigenvalue weighted by Gasteiger charge is 2.39. The number of ether oxygens (including phenoxy) is 1. The SMILES string of the molecule is Cc1nn(C)c(C)c1[C@@H]1CCCN1C(=O)[C@@H]1Cc2ccccc2O1. The molecule has 0 N–H and O–H groups in total. The Balaban J connectivity index is 1.59. The monoisotopic (exact) mass is 325 g/mol. The lowest BCUT2D eigenvalue weighted by molar-refractivity contribution is -0.138. The first-order valence-electron chi connectivity index (χ1n) is 8.61. The number of rotatable bonds is 2. The lowest BCUT2D eigenvalue weighted by Crippen LogP contribution is -2.41. The molecular formula is C19H23N3O2. The molecule has 4 rings (SSSR count). The van der Waals surface area contributed by atoms with E-state index < -0.39 is 0 Å². The fourth-order valence-electron chi connectivity index (χ4n) is 4.11. The van der Waals surface area contributed by atoms with Gasteiger partial charge >= 0.3 is 0 Å². The van der Waals surface area contributed by atoms with E-state index in [4.69, 9.17) is 4.74 Å². The first-order chi connectivity index (χ1) is 11.6. The van der Waals surface area contributed by atoms with E-state index in [9.17, 15) is 4.79 Å². The van der Waals surface area contributed by atoms with Crippen LogP contribution in [0.3, 0.4) is 0 Å². The molecule has 2 aromatic rings. The minimum Gasteiger partial charge on any atom is -0.480 e. The molecule has 0 unspecified atom stereocenters. The molecule has 2 aliphatic heterocycles. The predicted molar refractivity (Wildman–Crippen MR) is 90.9 cm³/mol. The zero-order valence-electron chi connectivity index (χ0n) is 14.5. The Kier molecular flexibility index (Phi) is 3.59. The molecule has 2 atom stereocenters. The van der Waals surface area contributed by atoms with Gasteiger partial charge in [-0.05, 0) is 38.3 Å². The molecule has 1 amide bonds. The van der Waals surface area contributed by atoms with Crippen LogP contribution in [0.2, 0.25) is 0 Å². The standard InChI is InChI=1S/C19H23N3O2/c1-12-18(13(2)21(3)20-12)15-8-6-10-22(15)19(23)17-11-14-7-4-5-9-16(14)24-17/h4-5,7,9,15,17H,6,8,10-11H2,1-3H3/t15-,17-/m0/s1. The first kappa shape index (κ1) is 15.2. The van der Waals surface area contributed by atoms with E-state index in [2.05, 4.69) is 12.0 Å². The number of fused-ring (bicyclic) bond motifs is 1. The molecule has 2 aliphatic rings. The minimum absolute atomic E-state index is 0.108. The molecule has 1 saturated heterocycles. The van der Waals surface area contributed by atoms with Crippen LogP contribution >= 0.6 is 0 Å². The van der Waals surface area contributed by atoms with Gasteiger partial charge in [0.05, 0.1) is 11.7 Å². The number of aryl methyl sites for hydroxylation is 2. The van der Waals surface area contributed by atoms with Gasteiger partial charge in [0.25, 0.3) is 5.91 Å². The largest absolute Gasteiger partial charge is 0.480 e. The fourth-order valence-corrected chi connectivity index (χ4v) is 4.11. The molecule has 24 heavy (non-hydrogen) atoms. The van der Waals surface area contributed by atoms with Crippen LogP contribution in [-0.2, 0) is 18.3 Å². The number of para-hydroxylation sites is 1. The lowest BCUT2D eigenvalue weighted by atomic mass is 10.0. The van der Waals surface area contributed by atoms with Crippen LogP contribution in [0.15, 0.2) is 24.3 Å². The molecule has 0 bridgehead atoms. The maximum absolute atomic E-state index is 13.1. The van der Waals surface area contributed by atoms with Crippen molar-refractivity contribution in [3.63, 3.8) is 0 Å². The second-order valence-electron chi connectivity index (χ2n) is 6.82. The Labute approximate surface area is 142 Å². The molecule has 0 radical (unpaired) electrons. The molecule has 1 aromatic heterocycles. The fraction of sp³-hybridized carbons (Fsp3) is 0.474. The third-order valence-corrected chi connectivity index (χ3v) is 5.36. The van der Waals surface area contributed by atoms with Crippen molar-refractivity contribution in [3.05, 3.63) is 46.8 Å². The number of carbonyl (C=O) groups excluding carboxylic acids is 1. The number of benzene rings is 1. The maximum atomic E-state index is 13.1. The van der Waals surface area contributed by atoms with Crippen LogP contribution in [-0.4, -0.2) is 33.2 Å². The molecule has 5 heteroatoms. The first-order valence-corrected chi connectivity index (χ1v) is 8.61. The van der Waals surface area contributed by atoms with E-state index in [1.165, 1.54) is 5.56 Å². The van der Waals surface area contributed by atoms with Gasteiger partial charge in [0, 0.05) is 31.3 Å². The topological polar surface area (TPSA) is 47.4 Å². The van der Waals surface area contributed by atoms with Gasteiger partial charge < -0.3 is 9.64 Å². The molecule has 0 spiro atoms. The van der Waals surface area contributed by atoms with Gasteiger partial charge in [-0.3, -0.25) is 9.48 Å². The second-order valence-corrected chi connectivity index (χ2v) is 6.82. The van der Waals surface area contributed by atoms with Crippen molar-refractivity contribution in [2.75, 3.05) is 6.54 Å². The summed E-state index contributed by atoms with van der Waals surface area (Å²) < 4.78 is 7.83. The molecule has 1 aromatic carbocycles. The van der Waals surface area contributed by atoms with Gasteiger partial charge in [-0.25, -0.2) is 0 Å². The smallest absolute Gasteiger partial charge is 0.264 e. The summed E-state index contributed by atoms with van der Waals surface area (Å²) in [5.74, 6) is 0.955. The molecule has 5 nitrogen and oxygen atoms in total. The summed E-state index contributed by atoms with van der Waals surface area (Å²) >= 11 is 0. The Morgan fingerprint density at radius 1 is 1.29 bits per heavy atom. The molecule has 0 saturated carbocycles. The third kappa shape index (κ3) is 2.30. The van der Waals surface area contributed by atoms with Crippen LogP contribution in [0.4, 0.5) is 0 Å². The van der Waals surface area contributed by atoms with Gasteiger partial charge in [0.1, 0.15) is 5.75 Å². The number of nitrogens with zero attached hydrogens (tertiary/aromatic N) is 3. The number of amides is 1. The summed E-state index contributed by atoms with van der Waals surface area (Å²) in [7, 11) is 1.96. The van der Waals surface area contributed by atoms with E-state index >= 15 is 0 Å². The number of hydrogen-bond acceptors (Lipinski definition) is 3. The van der Waals surface area contributed by atoms with E-state index in [1.807, 2.05) is 47.8 Å². The Morgan fingerprint density at radius 2 is 2.08 bits per heavy atom. The molecular weight excluding hydrogens is 302 g/mol. The van der Waals surface area contributed by atoms with Crippen molar-refractivity contribution in [1.29, 1.82) is 0 Å². The quantitative estimate of drug-likeness (QED) is 0.853. The summed E-state index contributed by atoms with van der Waals surface area (Å²) in [6.45, 7) is 4.91. The number of carbonyl (C=O) groups is 1. The zero-order chi connectivity index (χ0) is 16.8. The van der Waals surface area contributed by atoms with E-state index in [0.717, 1.165) is 42.1 Å². The number of hydrogen-bond donors (Lipinski definition) is 0. The van der Waals surface area contributed by atoms with Crippen LogP contribution in [0.25, 0.3) is 0 Å². The summed E-state index contributed by atoms with van der Waals surface area (Å²) in [6, 6.07) is 8.06. The normalized spacial score (nSPS) is 22.5. The van der Waals surface area contributed by atoms with Crippen LogP contribution in [0.5, 0.6) is 5.75 Å². The maximum Gasteiger partial charge on any atom is 0.264 e. The summed E-state index contributed by atoms with van der Waals surface area (Å²) in [5.41, 5.74) is 4.50. The van der Waals surface area contributed by atoms with Crippen molar-refractivity contribution >= 4 is 5.91 Å². The highest BCUT2D eigenvalue weighted by molar-refractivity contribution is 5.83. The van der Waals surface area contributed by atoms with Gasteiger partial charge in [-0.1, -0.05) is 18.2 Å².